The molecule has 3 rings (SSSR count). The molecule has 1 aromatic rings. The van der Waals surface area contributed by atoms with E-state index in [0.717, 1.165) is 18.4 Å². The third-order valence-electron chi connectivity index (χ3n) is 4.33. The Bertz CT molecular complexity index is 532. The summed E-state index contributed by atoms with van der Waals surface area (Å²) in [6.07, 6.45) is 3.13. The maximum Gasteiger partial charge on any atom is 0.328 e. The van der Waals surface area contributed by atoms with Crippen molar-refractivity contribution in [1.29, 1.82) is 0 Å². The summed E-state index contributed by atoms with van der Waals surface area (Å²) in [5.41, 5.74) is 1.12. The number of hydrogen-bond acceptors (Lipinski definition) is 4. The van der Waals surface area contributed by atoms with Crippen LogP contribution < -0.4 is 5.32 Å². The minimum atomic E-state index is -0.436. The van der Waals surface area contributed by atoms with Crippen molar-refractivity contribution in [3.63, 3.8) is 0 Å². The SMILES string of the molecule is COC(=O)[C@@H]1CCC[C@H]2N[C@H](Cc3ccccc3)C(=O)N21. The van der Waals surface area contributed by atoms with Gasteiger partial charge in [-0.2, -0.15) is 0 Å². The Labute approximate surface area is 124 Å². The Morgan fingerprint density at radius 2 is 2.10 bits per heavy atom. The van der Waals surface area contributed by atoms with Crippen molar-refractivity contribution in [2.45, 2.75) is 43.9 Å². The summed E-state index contributed by atoms with van der Waals surface area (Å²) in [5, 5.41) is 3.37. The van der Waals surface area contributed by atoms with Crippen LogP contribution in [0, 0.1) is 0 Å². The lowest BCUT2D eigenvalue weighted by atomic mass is 10.0. The largest absolute Gasteiger partial charge is 0.467 e. The number of nitrogens with zero attached hydrogens (tertiary/aromatic N) is 1. The molecule has 0 bridgehead atoms. The molecule has 1 aromatic carbocycles. The number of fused-ring (bicyclic) bond motifs is 1. The number of methoxy groups -OCH3 is 1. The lowest BCUT2D eigenvalue weighted by Crippen LogP contribution is -2.51. The van der Waals surface area contributed by atoms with Crippen LogP contribution in [0.15, 0.2) is 30.3 Å². The van der Waals surface area contributed by atoms with Gasteiger partial charge in [-0.1, -0.05) is 30.3 Å². The monoisotopic (exact) mass is 288 g/mol. The molecule has 0 aliphatic carbocycles. The van der Waals surface area contributed by atoms with E-state index in [1.807, 2.05) is 30.3 Å². The minimum Gasteiger partial charge on any atom is -0.467 e. The number of rotatable bonds is 3. The zero-order valence-corrected chi connectivity index (χ0v) is 12.1. The van der Waals surface area contributed by atoms with Gasteiger partial charge in [0.1, 0.15) is 6.04 Å². The Hall–Kier alpha value is -1.88. The molecule has 2 fully saturated rings. The van der Waals surface area contributed by atoms with Crippen LogP contribution in [0.25, 0.3) is 0 Å². The molecule has 1 amide bonds. The highest BCUT2D eigenvalue weighted by Crippen LogP contribution is 2.28. The first-order chi connectivity index (χ1) is 10.2. The first-order valence-electron chi connectivity index (χ1n) is 7.40. The summed E-state index contributed by atoms with van der Waals surface area (Å²) < 4.78 is 4.84. The second kappa shape index (κ2) is 5.85. The van der Waals surface area contributed by atoms with E-state index in [4.69, 9.17) is 4.74 Å². The number of piperidine rings is 1. The van der Waals surface area contributed by atoms with E-state index in [0.29, 0.717) is 12.8 Å². The van der Waals surface area contributed by atoms with Crippen LogP contribution in [-0.4, -0.2) is 42.1 Å². The van der Waals surface area contributed by atoms with Crippen molar-refractivity contribution in [3.8, 4) is 0 Å². The molecule has 2 saturated heterocycles. The molecule has 3 atom stereocenters. The van der Waals surface area contributed by atoms with Gasteiger partial charge in [-0.3, -0.25) is 10.1 Å². The standard InChI is InChI=1S/C16H20N2O3/c1-21-16(20)13-8-5-9-14-17-12(15(19)18(13)14)10-11-6-3-2-4-7-11/h2-4,6-7,12-14,17H,5,8-10H2,1H3/t12-,13+,14+/m1/s1. The summed E-state index contributed by atoms with van der Waals surface area (Å²) in [4.78, 5) is 26.2. The number of ether oxygens (including phenoxy) is 1. The maximum atomic E-state index is 12.6. The van der Waals surface area contributed by atoms with E-state index < -0.39 is 6.04 Å². The van der Waals surface area contributed by atoms with E-state index in [1.54, 1.807) is 4.90 Å². The highest BCUT2D eigenvalue weighted by atomic mass is 16.5. The van der Waals surface area contributed by atoms with E-state index in [2.05, 4.69) is 5.32 Å². The molecule has 5 nitrogen and oxygen atoms in total. The molecule has 2 aliphatic rings. The number of esters is 1. The average Bonchev–Trinajstić information content (AvgIpc) is 2.84. The summed E-state index contributed by atoms with van der Waals surface area (Å²) in [7, 11) is 1.38. The normalized spacial score (nSPS) is 28.3. The lowest BCUT2D eigenvalue weighted by Gasteiger charge is -2.35. The molecule has 0 aromatic heterocycles. The van der Waals surface area contributed by atoms with Crippen molar-refractivity contribution in [2.75, 3.05) is 7.11 Å². The van der Waals surface area contributed by atoms with E-state index >= 15 is 0 Å². The molecule has 0 spiro atoms. The quantitative estimate of drug-likeness (QED) is 0.846. The molecular weight excluding hydrogens is 268 g/mol. The summed E-state index contributed by atoms with van der Waals surface area (Å²) in [6.45, 7) is 0. The van der Waals surface area contributed by atoms with Gasteiger partial charge < -0.3 is 9.64 Å². The molecule has 112 valence electrons. The van der Waals surface area contributed by atoms with Gasteiger partial charge in [-0.15, -0.1) is 0 Å². The van der Waals surface area contributed by atoms with Crippen LogP contribution in [-0.2, 0) is 20.7 Å². The van der Waals surface area contributed by atoms with Gasteiger partial charge in [0.15, 0.2) is 0 Å². The number of hydrogen-bond donors (Lipinski definition) is 1. The summed E-state index contributed by atoms with van der Waals surface area (Å²) in [5.74, 6) is -0.297. The summed E-state index contributed by atoms with van der Waals surface area (Å²) in [6, 6.07) is 9.26. The van der Waals surface area contributed by atoms with Gasteiger partial charge in [0.05, 0.1) is 19.3 Å². The number of carbonyl (C=O) groups excluding carboxylic acids is 2. The molecule has 2 heterocycles. The maximum absolute atomic E-state index is 12.6. The van der Waals surface area contributed by atoms with E-state index in [1.165, 1.54) is 7.11 Å². The van der Waals surface area contributed by atoms with Crippen LogP contribution in [0.5, 0.6) is 0 Å². The van der Waals surface area contributed by atoms with E-state index in [9.17, 15) is 9.59 Å². The molecule has 2 aliphatic heterocycles. The molecule has 21 heavy (non-hydrogen) atoms. The Morgan fingerprint density at radius 1 is 1.33 bits per heavy atom. The fraction of sp³-hybridized carbons (Fsp3) is 0.500. The molecule has 5 heteroatoms. The average molecular weight is 288 g/mol. The number of benzene rings is 1. The fourth-order valence-electron chi connectivity index (χ4n) is 3.32. The van der Waals surface area contributed by atoms with Crippen molar-refractivity contribution < 1.29 is 14.3 Å². The molecular formula is C16H20N2O3. The number of nitrogens with one attached hydrogen (secondary N) is 1. The van der Waals surface area contributed by atoms with Crippen molar-refractivity contribution in [2.24, 2.45) is 0 Å². The second-order valence-corrected chi connectivity index (χ2v) is 5.64. The van der Waals surface area contributed by atoms with Crippen LogP contribution in [0.1, 0.15) is 24.8 Å². The Balaban J connectivity index is 1.76. The van der Waals surface area contributed by atoms with Gasteiger partial charge in [0, 0.05) is 0 Å². The highest BCUT2D eigenvalue weighted by Gasteiger charge is 2.46. The Morgan fingerprint density at radius 3 is 2.81 bits per heavy atom. The third kappa shape index (κ3) is 2.65. The number of amides is 1. The first-order valence-corrected chi connectivity index (χ1v) is 7.40. The topological polar surface area (TPSA) is 58.6 Å². The van der Waals surface area contributed by atoms with Crippen molar-refractivity contribution >= 4 is 11.9 Å². The van der Waals surface area contributed by atoms with Gasteiger partial charge in [0.25, 0.3) is 0 Å². The van der Waals surface area contributed by atoms with E-state index in [-0.39, 0.29) is 24.1 Å². The van der Waals surface area contributed by atoms with Gasteiger partial charge >= 0.3 is 5.97 Å². The predicted octanol–water partition coefficient (Wildman–Crippen LogP) is 1.08. The summed E-state index contributed by atoms with van der Waals surface area (Å²) >= 11 is 0. The van der Waals surface area contributed by atoms with Crippen LogP contribution in [0.3, 0.4) is 0 Å². The van der Waals surface area contributed by atoms with Gasteiger partial charge in [0.2, 0.25) is 5.91 Å². The highest BCUT2D eigenvalue weighted by molar-refractivity contribution is 5.90. The van der Waals surface area contributed by atoms with Crippen LogP contribution >= 0.6 is 0 Å². The third-order valence-corrected chi connectivity index (χ3v) is 4.33. The first kappa shape index (κ1) is 14.1. The molecule has 0 unspecified atom stereocenters. The fourth-order valence-corrected chi connectivity index (χ4v) is 3.32. The van der Waals surface area contributed by atoms with Crippen molar-refractivity contribution in [3.05, 3.63) is 35.9 Å². The molecule has 1 N–H and O–H groups in total. The zero-order valence-electron chi connectivity index (χ0n) is 12.1. The van der Waals surface area contributed by atoms with Gasteiger partial charge in [-0.05, 0) is 31.2 Å². The molecule has 0 radical (unpaired) electrons. The smallest absolute Gasteiger partial charge is 0.328 e. The number of carbonyl (C=O) groups is 2. The lowest BCUT2D eigenvalue weighted by molar-refractivity contribution is -0.154. The van der Waals surface area contributed by atoms with Crippen LogP contribution in [0.4, 0.5) is 0 Å². The predicted molar refractivity (Wildman–Crippen MR) is 77.4 cm³/mol. The van der Waals surface area contributed by atoms with Crippen LogP contribution in [0.2, 0.25) is 0 Å². The second-order valence-electron chi connectivity index (χ2n) is 5.64. The molecule has 0 saturated carbocycles. The zero-order chi connectivity index (χ0) is 14.8. The van der Waals surface area contributed by atoms with Crippen molar-refractivity contribution in [1.82, 2.24) is 10.2 Å². The Kier molecular flexibility index (Phi) is 3.92. The minimum absolute atomic E-state index is 0.0129. The van der Waals surface area contributed by atoms with Gasteiger partial charge in [-0.25, -0.2) is 4.79 Å².